The molecule has 0 saturated heterocycles. The highest BCUT2D eigenvalue weighted by molar-refractivity contribution is 5.86. The molecule has 0 atom stereocenters. The molecule has 1 saturated carbocycles. The summed E-state index contributed by atoms with van der Waals surface area (Å²) in [6, 6.07) is 10.8. The molecule has 126 valence electrons. The maximum atomic E-state index is 5.51. The molecule has 1 aromatic heterocycles. The summed E-state index contributed by atoms with van der Waals surface area (Å²) >= 11 is 0. The van der Waals surface area contributed by atoms with E-state index in [0.717, 1.165) is 28.4 Å². The van der Waals surface area contributed by atoms with Crippen LogP contribution in [0.1, 0.15) is 44.6 Å². The van der Waals surface area contributed by atoms with Crippen LogP contribution in [-0.2, 0) is 0 Å². The van der Waals surface area contributed by atoms with Gasteiger partial charge in [0.05, 0.1) is 7.11 Å². The van der Waals surface area contributed by atoms with Crippen LogP contribution in [0, 0.1) is 5.92 Å². The van der Waals surface area contributed by atoms with Gasteiger partial charge in [0, 0.05) is 30.2 Å². The third-order valence-corrected chi connectivity index (χ3v) is 5.06. The Kier molecular flexibility index (Phi) is 5.63. The van der Waals surface area contributed by atoms with E-state index in [2.05, 4.69) is 24.0 Å². The summed E-state index contributed by atoms with van der Waals surface area (Å²) < 4.78 is 5.51. The number of ether oxygens (including phenoxy) is 1. The fourth-order valence-electron chi connectivity index (χ4n) is 3.45. The molecule has 1 heterocycles. The lowest BCUT2D eigenvalue weighted by Gasteiger charge is -2.25. The molecule has 1 aromatic carbocycles. The van der Waals surface area contributed by atoms with Gasteiger partial charge >= 0.3 is 0 Å². The zero-order valence-electron chi connectivity index (χ0n) is 14.6. The van der Waals surface area contributed by atoms with Crippen molar-refractivity contribution in [3.63, 3.8) is 0 Å². The number of aromatic nitrogens is 1. The van der Waals surface area contributed by atoms with E-state index in [1.807, 2.05) is 36.8 Å². The summed E-state index contributed by atoms with van der Waals surface area (Å²) in [6.07, 6.45) is 12.0. The number of methoxy groups -OCH3 is 1. The lowest BCUT2D eigenvalue weighted by atomic mass is 9.85. The van der Waals surface area contributed by atoms with Crippen LogP contribution < -0.4 is 4.74 Å². The molecule has 0 amide bonds. The molecule has 0 bridgehead atoms. The maximum Gasteiger partial charge on any atom is 0.127 e. The summed E-state index contributed by atoms with van der Waals surface area (Å²) in [5, 5.41) is 0. The molecule has 0 radical (unpaired) electrons. The first kappa shape index (κ1) is 16.7. The van der Waals surface area contributed by atoms with Gasteiger partial charge in [0.25, 0.3) is 0 Å². The molecule has 1 fully saturated rings. The Hall–Kier alpha value is -2.16. The van der Waals surface area contributed by atoms with Crippen molar-refractivity contribution in [1.82, 2.24) is 4.98 Å². The van der Waals surface area contributed by atoms with E-state index in [1.54, 1.807) is 7.11 Å². The van der Waals surface area contributed by atoms with Crippen LogP contribution in [0.2, 0.25) is 0 Å². The number of aliphatic imine (C=N–C) groups is 1. The van der Waals surface area contributed by atoms with Crippen molar-refractivity contribution in [3.8, 4) is 16.9 Å². The van der Waals surface area contributed by atoms with E-state index in [0.29, 0.717) is 6.04 Å². The summed E-state index contributed by atoms with van der Waals surface area (Å²) in [7, 11) is 1.71. The Labute approximate surface area is 144 Å². The van der Waals surface area contributed by atoms with Crippen molar-refractivity contribution < 1.29 is 4.74 Å². The Morgan fingerprint density at radius 3 is 2.50 bits per heavy atom. The van der Waals surface area contributed by atoms with Gasteiger partial charge < -0.3 is 4.74 Å². The van der Waals surface area contributed by atoms with Gasteiger partial charge in [-0.2, -0.15) is 0 Å². The fraction of sp³-hybridized carbons (Fsp3) is 0.429. The summed E-state index contributed by atoms with van der Waals surface area (Å²) in [4.78, 5) is 8.93. The first-order valence-electron chi connectivity index (χ1n) is 8.91. The fourth-order valence-corrected chi connectivity index (χ4v) is 3.45. The first-order valence-corrected chi connectivity index (χ1v) is 8.91. The Bertz CT molecular complexity index is 673. The molecule has 3 heteroatoms. The predicted molar refractivity (Wildman–Crippen MR) is 99.9 cm³/mol. The molecule has 0 aliphatic heterocycles. The second-order valence-corrected chi connectivity index (χ2v) is 6.55. The van der Waals surface area contributed by atoms with Gasteiger partial charge in [0.2, 0.25) is 0 Å². The smallest absolute Gasteiger partial charge is 0.127 e. The molecular formula is C21H26N2O. The topological polar surface area (TPSA) is 34.5 Å². The van der Waals surface area contributed by atoms with E-state index in [4.69, 9.17) is 9.73 Å². The molecule has 1 aliphatic rings. The molecule has 1 aliphatic carbocycles. The normalized spacial score (nSPS) is 21.1. The van der Waals surface area contributed by atoms with E-state index in [1.165, 1.54) is 32.1 Å². The van der Waals surface area contributed by atoms with Crippen molar-refractivity contribution in [2.45, 2.75) is 45.1 Å². The number of hydrogen-bond donors (Lipinski definition) is 0. The zero-order chi connectivity index (χ0) is 16.8. The quantitative estimate of drug-likeness (QED) is 0.714. The Morgan fingerprint density at radius 1 is 1.08 bits per heavy atom. The average Bonchev–Trinajstić information content (AvgIpc) is 2.67. The van der Waals surface area contributed by atoms with Crippen molar-refractivity contribution >= 4 is 6.21 Å². The minimum Gasteiger partial charge on any atom is -0.496 e. The number of nitrogens with zero attached hydrogens (tertiary/aromatic N) is 2. The molecule has 24 heavy (non-hydrogen) atoms. The van der Waals surface area contributed by atoms with Gasteiger partial charge in [0.1, 0.15) is 5.75 Å². The SMILES string of the molecule is CCC1CCC(N=Cc2cc(-c3ccncc3)ccc2OC)CC1. The number of benzene rings is 1. The van der Waals surface area contributed by atoms with Gasteiger partial charge in [-0.05, 0) is 67.0 Å². The number of pyridine rings is 1. The monoisotopic (exact) mass is 322 g/mol. The summed E-state index contributed by atoms with van der Waals surface area (Å²) in [5.41, 5.74) is 3.37. The van der Waals surface area contributed by atoms with E-state index < -0.39 is 0 Å². The zero-order valence-corrected chi connectivity index (χ0v) is 14.6. The third kappa shape index (κ3) is 4.02. The molecular weight excluding hydrogens is 296 g/mol. The van der Waals surface area contributed by atoms with Crippen molar-refractivity contribution in [1.29, 1.82) is 0 Å². The van der Waals surface area contributed by atoms with Gasteiger partial charge in [-0.1, -0.05) is 19.4 Å². The van der Waals surface area contributed by atoms with Crippen LogP contribution in [0.4, 0.5) is 0 Å². The van der Waals surface area contributed by atoms with Gasteiger partial charge in [-0.15, -0.1) is 0 Å². The Morgan fingerprint density at radius 2 is 1.83 bits per heavy atom. The molecule has 0 spiro atoms. The molecule has 3 rings (SSSR count). The lowest BCUT2D eigenvalue weighted by molar-refractivity contribution is 0.321. The van der Waals surface area contributed by atoms with Gasteiger partial charge in [-0.25, -0.2) is 0 Å². The first-order chi connectivity index (χ1) is 11.8. The molecule has 2 aromatic rings. The van der Waals surface area contributed by atoms with Crippen molar-refractivity contribution in [2.75, 3.05) is 7.11 Å². The molecule has 0 unspecified atom stereocenters. The van der Waals surface area contributed by atoms with Crippen LogP contribution in [0.15, 0.2) is 47.7 Å². The summed E-state index contributed by atoms with van der Waals surface area (Å²) in [5.74, 6) is 1.78. The highest BCUT2D eigenvalue weighted by Gasteiger charge is 2.18. The van der Waals surface area contributed by atoms with Crippen LogP contribution >= 0.6 is 0 Å². The highest BCUT2D eigenvalue weighted by atomic mass is 16.5. The van der Waals surface area contributed by atoms with Crippen LogP contribution in [0.3, 0.4) is 0 Å². The van der Waals surface area contributed by atoms with Crippen LogP contribution in [0.5, 0.6) is 5.75 Å². The second kappa shape index (κ2) is 8.09. The summed E-state index contributed by atoms with van der Waals surface area (Å²) in [6.45, 7) is 2.30. The standard InChI is InChI=1S/C21H26N2O/c1-3-16-4-7-20(8-5-16)23-15-19-14-18(6-9-21(19)24-2)17-10-12-22-13-11-17/h6,9-16,20H,3-5,7-8H2,1-2H3. The molecule has 0 N–H and O–H groups in total. The maximum absolute atomic E-state index is 5.51. The third-order valence-electron chi connectivity index (χ3n) is 5.06. The largest absolute Gasteiger partial charge is 0.496 e. The van der Waals surface area contributed by atoms with Crippen molar-refractivity contribution in [2.24, 2.45) is 10.9 Å². The second-order valence-electron chi connectivity index (χ2n) is 6.55. The van der Waals surface area contributed by atoms with E-state index >= 15 is 0 Å². The molecule has 3 nitrogen and oxygen atoms in total. The van der Waals surface area contributed by atoms with Gasteiger partial charge in [-0.3, -0.25) is 9.98 Å². The van der Waals surface area contributed by atoms with Crippen LogP contribution in [0.25, 0.3) is 11.1 Å². The average molecular weight is 322 g/mol. The minimum atomic E-state index is 0.460. The van der Waals surface area contributed by atoms with E-state index in [-0.39, 0.29) is 0 Å². The highest BCUT2D eigenvalue weighted by Crippen LogP contribution is 2.29. The minimum absolute atomic E-state index is 0.460. The number of hydrogen-bond acceptors (Lipinski definition) is 3. The van der Waals surface area contributed by atoms with Crippen molar-refractivity contribution in [3.05, 3.63) is 48.3 Å². The van der Waals surface area contributed by atoms with E-state index in [9.17, 15) is 0 Å². The van der Waals surface area contributed by atoms with Gasteiger partial charge in [0.15, 0.2) is 0 Å². The Balaban J connectivity index is 1.78. The van der Waals surface area contributed by atoms with Crippen LogP contribution in [-0.4, -0.2) is 24.4 Å². The predicted octanol–water partition coefficient (Wildman–Crippen LogP) is 5.14. The lowest BCUT2D eigenvalue weighted by Crippen LogP contribution is -2.16. The number of rotatable bonds is 5.